The van der Waals surface area contributed by atoms with Crippen molar-refractivity contribution in [3.63, 3.8) is 0 Å². The average Bonchev–Trinajstić information content (AvgIpc) is 2.69. The van der Waals surface area contributed by atoms with Crippen LogP contribution in [0.2, 0.25) is 0 Å². The molecule has 4 rings (SSSR count). The lowest BCUT2D eigenvalue weighted by atomic mass is 9.49. The Kier molecular flexibility index (Phi) is 3.16. The van der Waals surface area contributed by atoms with Crippen LogP contribution in [0, 0.1) is 35.0 Å². The normalized spacial score (nSPS) is 54.3. The van der Waals surface area contributed by atoms with E-state index in [4.69, 9.17) is 5.73 Å². The Hall–Kier alpha value is -0.670. The van der Waals surface area contributed by atoms with Crippen molar-refractivity contribution in [3.05, 3.63) is 11.6 Å². The van der Waals surface area contributed by atoms with E-state index < -0.39 is 5.72 Å². The summed E-state index contributed by atoms with van der Waals surface area (Å²) < 4.78 is 0. The van der Waals surface area contributed by atoms with Crippen molar-refractivity contribution in [1.82, 2.24) is 0 Å². The molecule has 0 aliphatic heterocycles. The van der Waals surface area contributed by atoms with E-state index in [1.807, 2.05) is 6.08 Å². The largest absolute Gasteiger partial charge is 0.376 e. The van der Waals surface area contributed by atoms with Gasteiger partial charge in [0.05, 0.1) is 0 Å². The fourth-order valence-electron chi connectivity index (χ4n) is 6.64. The highest BCUT2D eigenvalue weighted by Crippen LogP contribution is 2.64. The van der Waals surface area contributed by atoms with E-state index in [1.165, 1.54) is 5.57 Å². The number of carbonyl (C=O) groups is 1. The van der Waals surface area contributed by atoms with Gasteiger partial charge in [-0.3, -0.25) is 4.79 Å². The highest BCUT2D eigenvalue weighted by Gasteiger charge is 2.62. The number of allylic oxidation sites excluding steroid dienone is 1. The number of ketones is 1. The van der Waals surface area contributed by atoms with E-state index in [1.54, 1.807) is 0 Å². The molecule has 3 N–H and O–H groups in total. The Labute approximate surface area is 133 Å². The van der Waals surface area contributed by atoms with E-state index in [0.717, 1.165) is 44.9 Å². The molecule has 3 fully saturated rings. The Morgan fingerprint density at radius 1 is 1.27 bits per heavy atom. The van der Waals surface area contributed by atoms with Crippen LogP contribution in [0.5, 0.6) is 0 Å². The van der Waals surface area contributed by atoms with E-state index >= 15 is 0 Å². The van der Waals surface area contributed by atoms with Crippen LogP contribution in [-0.4, -0.2) is 16.6 Å². The summed E-state index contributed by atoms with van der Waals surface area (Å²) in [5.74, 6) is 3.48. The van der Waals surface area contributed by atoms with E-state index in [-0.39, 0.29) is 5.41 Å². The summed E-state index contributed by atoms with van der Waals surface area (Å²) in [6, 6.07) is 0. The van der Waals surface area contributed by atoms with Crippen molar-refractivity contribution in [2.24, 2.45) is 40.7 Å². The van der Waals surface area contributed by atoms with Crippen LogP contribution < -0.4 is 5.73 Å². The number of rotatable bonds is 0. The Morgan fingerprint density at radius 2 is 2.05 bits per heavy atom. The minimum Gasteiger partial charge on any atom is -0.376 e. The van der Waals surface area contributed by atoms with Crippen molar-refractivity contribution in [3.8, 4) is 0 Å². The molecular formula is C19H29NO2. The van der Waals surface area contributed by atoms with Gasteiger partial charge in [0, 0.05) is 11.8 Å². The third kappa shape index (κ3) is 1.85. The van der Waals surface area contributed by atoms with Crippen LogP contribution in [0.1, 0.15) is 58.8 Å². The van der Waals surface area contributed by atoms with Gasteiger partial charge >= 0.3 is 0 Å². The van der Waals surface area contributed by atoms with Gasteiger partial charge in [-0.05, 0) is 74.2 Å². The van der Waals surface area contributed by atoms with Crippen LogP contribution in [0.15, 0.2) is 11.6 Å². The maximum Gasteiger partial charge on any atom is 0.155 e. The molecule has 0 aromatic rings. The van der Waals surface area contributed by atoms with Gasteiger partial charge < -0.3 is 10.8 Å². The van der Waals surface area contributed by atoms with Crippen LogP contribution >= 0.6 is 0 Å². The van der Waals surface area contributed by atoms with Gasteiger partial charge in [0.2, 0.25) is 0 Å². The summed E-state index contributed by atoms with van der Waals surface area (Å²) >= 11 is 0. The summed E-state index contributed by atoms with van der Waals surface area (Å²) in [5.41, 5.74) is 6.61. The molecule has 0 aromatic heterocycles. The molecule has 3 nitrogen and oxygen atoms in total. The Balaban J connectivity index is 1.69. The van der Waals surface area contributed by atoms with Gasteiger partial charge in [0.25, 0.3) is 0 Å². The van der Waals surface area contributed by atoms with Gasteiger partial charge in [0.15, 0.2) is 5.78 Å². The number of nitrogens with two attached hydrogens (primary N) is 1. The van der Waals surface area contributed by atoms with Crippen molar-refractivity contribution in [2.75, 3.05) is 0 Å². The topological polar surface area (TPSA) is 63.3 Å². The van der Waals surface area contributed by atoms with Crippen LogP contribution in [0.4, 0.5) is 0 Å². The fraction of sp³-hybridized carbons (Fsp3) is 0.842. The molecule has 0 amide bonds. The lowest BCUT2D eigenvalue weighted by molar-refractivity contribution is -0.125. The first-order valence-electron chi connectivity index (χ1n) is 9.08. The Morgan fingerprint density at radius 3 is 2.82 bits per heavy atom. The molecule has 0 radical (unpaired) electrons. The van der Waals surface area contributed by atoms with Gasteiger partial charge in [-0.25, -0.2) is 0 Å². The molecular weight excluding hydrogens is 274 g/mol. The summed E-state index contributed by atoms with van der Waals surface area (Å²) in [4.78, 5) is 11.8. The minimum atomic E-state index is -0.985. The zero-order valence-corrected chi connectivity index (χ0v) is 13.8. The monoisotopic (exact) mass is 303 g/mol. The molecule has 0 saturated heterocycles. The van der Waals surface area contributed by atoms with E-state index in [9.17, 15) is 9.90 Å². The molecule has 0 bridgehead atoms. The number of hydrogen-bond acceptors (Lipinski definition) is 3. The van der Waals surface area contributed by atoms with E-state index in [0.29, 0.717) is 35.4 Å². The molecule has 0 unspecified atom stereocenters. The maximum absolute atomic E-state index is 11.8. The summed E-state index contributed by atoms with van der Waals surface area (Å²) in [5, 5.41) is 10.7. The molecule has 0 spiro atoms. The first kappa shape index (κ1) is 14.9. The lowest BCUT2D eigenvalue weighted by Gasteiger charge is -2.57. The molecule has 22 heavy (non-hydrogen) atoms. The average molecular weight is 303 g/mol. The molecule has 4 aliphatic rings. The van der Waals surface area contributed by atoms with Crippen LogP contribution in [0.3, 0.4) is 0 Å². The standard InChI is InChI=1S/C19H29NO2/c1-11-9-12-10-13(21)3-4-14(12)15-5-7-18(2)16(17(11)15)6-8-19(18,20)22/h10-11,14-17,22H,3-9,20H2,1-2H3/t11-,14+,15-,16+,17-,18+,19+/m1/s1. The fourth-order valence-corrected chi connectivity index (χ4v) is 6.64. The predicted molar refractivity (Wildman–Crippen MR) is 85.8 cm³/mol. The van der Waals surface area contributed by atoms with Gasteiger partial charge in [0.1, 0.15) is 5.72 Å². The van der Waals surface area contributed by atoms with Gasteiger partial charge in [-0.1, -0.05) is 19.4 Å². The number of fused-ring (bicyclic) bond motifs is 5. The molecule has 3 heteroatoms. The number of hydrogen-bond donors (Lipinski definition) is 2. The molecule has 3 saturated carbocycles. The van der Waals surface area contributed by atoms with Crippen molar-refractivity contribution >= 4 is 5.78 Å². The van der Waals surface area contributed by atoms with Gasteiger partial charge in [-0.2, -0.15) is 0 Å². The van der Waals surface area contributed by atoms with Crippen molar-refractivity contribution < 1.29 is 9.90 Å². The highest BCUT2D eigenvalue weighted by molar-refractivity contribution is 5.91. The first-order valence-corrected chi connectivity index (χ1v) is 9.08. The molecule has 0 heterocycles. The second-order valence-corrected chi connectivity index (χ2v) is 8.78. The first-order chi connectivity index (χ1) is 10.3. The zero-order valence-electron chi connectivity index (χ0n) is 13.8. The van der Waals surface area contributed by atoms with Crippen molar-refractivity contribution in [1.29, 1.82) is 0 Å². The highest BCUT2D eigenvalue weighted by atomic mass is 16.3. The predicted octanol–water partition coefficient (Wildman–Crippen LogP) is 3.02. The number of aliphatic hydroxyl groups is 1. The summed E-state index contributed by atoms with van der Waals surface area (Å²) in [7, 11) is 0. The third-order valence-electron chi connectivity index (χ3n) is 7.86. The van der Waals surface area contributed by atoms with Crippen LogP contribution in [-0.2, 0) is 4.79 Å². The smallest absolute Gasteiger partial charge is 0.155 e. The van der Waals surface area contributed by atoms with E-state index in [2.05, 4.69) is 13.8 Å². The maximum atomic E-state index is 11.8. The molecule has 7 atom stereocenters. The second-order valence-electron chi connectivity index (χ2n) is 8.78. The second kappa shape index (κ2) is 4.67. The van der Waals surface area contributed by atoms with Crippen LogP contribution in [0.25, 0.3) is 0 Å². The molecule has 122 valence electrons. The van der Waals surface area contributed by atoms with Gasteiger partial charge in [-0.15, -0.1) is 0 Å². The molecule has 0 aromatic carbocycles. The zero-order chi connectivity index (χ0) is 15.7. The lowest BCUT2D eigenvalue weighted by Crippen LogP contribution is -2.58. The third-order valence-corrected chi connectivity index (χ3v) is 7.86. The Bertz CT molecular complexity index is 538. The molecule has 4 aliphatic carbocycles. The van der Waals surface area contributed by atoms with Crippen molar-refractivity contribution in [2.45, 2.75) is 64.5 Å². The quantitative estimate of drug-likeness (QED) is 0.676. The summed E-state index contributed by atoms with van der Waals surface area (Å²) in [6.45, 7) is 4.58. The number of carbonyl (C=O) groups excluding carboxylic acids is 1. The minimum absolute atomic E-state index is 0.117. The SMILES string of the molecule is C[C@@H]1CC2=CC(=O)CC[C@@H]2[C@H]2CC[C@@]3(C)[C@@H](CC[C@]3(N)O)[C@@H]21. The summed E-state index contributed by atoms with van der Waals surface area (Å²) in [6.07, 6.45) is 8.84.